The van der Waals surface area contributed by atoms with E-state index in [9.17, 15) is 9.59 Å². The zero-order valence-corrected chi connectivity index (χ0v) is 9.55. The third kappa shape index (κ3) is 2.38. The molecule has 0 bridgehead atoms. The Morgan fingerprint density at radius 3 is 2.82 bits per heavy atom. The Bertz CT molecular complexity index is 419. The van der Waals surface area contributed by atoms with Crippen LogP contribution in [0, 0.1) is 0 Å². The fraction of sp³-hybridized carbons (Fsp3) is 0.333. The first kappa shape index (κ1) is 11.4. The van der Waals surface area contributed by atoms with Gasteiger partial charge < -0.3 is 4.74 Å². The van der Waals surface area contributed by atoms with Gasteiger partial charge in [-0.15, -0.1) is 0 Å². The van der Waals surface area contributed by atoms with Crippen LogP contribution in [-0.2, 0) is 9.53 Å². The SMILES string of the molecule is CCC(=O)NN1C(=O)OCC1c1ccccc1. The van der Waals surface area contributed by atoms with Crippen LogP contribution in [0.15, 0.2) is 30.3 Å². The molecule has 1 unspecified atom stereocenters. The average molecular weight is 234 g/mol. The largest absolute Gasteiger partial charge is 0.446 e. The van der Waals surface area contributed by atoms with Gasteiger partial charge in [0.25, 0.3) is 0 Å². The molecule has 5 nitrogen and oxygen atoms in total. The molecule has 5 heteroatoms. The quantitative estimate of drug-likeness (QED) is 0.864. The molecule has 1 aromatic rings. The summed E-state index contributed by atoms with van der Waals surface area (Å²) in [5, 5.41) is 1.25. The minimum Gasteiger partial charge on any atom is -0.446 e. The Morgan fingerprint density at radius 1 is 1.47 bits per heavy atom. The number of amides is 2. The molecular weight excluding hydrogens is 220 g/mol. The van der Waals surface area contributed by atoms with Gasteiger partial charge in [0.05, 0.1) is 0 Å². The highest BCUT2D eigenvalue weighted by Gasteiger charge is 2.35. The van der Waals surface area contributed by atoms with Gasteiger partial charge in [-0.25, -0.2) is 9.80 Å². The smallest absolute Gasteiger partial charge is 0.429 e. The van der Waals surface area contributed by atoms with E-state index in [1.54, 1.807) is 6.92 Å². The van der Waals surface area contributed by atoms with Crippen LogP contribution in [0.1, 0.15) is 24.9 Å². The molecule has 1 aliphatic heterocycles. The number of cyclic esters (lactones) is 1. The van der Waals surface area contributed by atoms with Crippen molar-refractivity contribution < 1.29 is 14.3 Å². The third-order valence-corrected chi connectivity index (χ3v) is 2.62. The summed E-state index contributed by atoms with van der Waals surface area (Å²) in [6, 6.07) is 9.22. The van der Waals surface area contributed by atoms with E-state index in [4.69, 9.17) is 4.74 Å². The van der Waals surface area contributed by atoms with Crippen LogP contribution in [-0.4, -0.2) is 23.6 Å². The number of ether oxygens (including phenoxy) is 1. The molecule has 0 radical (unpaired) electrons. The Morgan fingerprint density at radius 2 is 2.18 bits per heavy atom. The van der Waals surface area contributed by atoms with E-state index < -0.39 is 6.09 Å². The molecule has 0 aliphatic carbocycles. The summed E-state index contributed by atoms with van der Waals surface area (Å²) in [7, 11) is 0. The predicted molar refractivity (Wildman–Crippen MR) is 60.8 cm³/mol. The maximum Gasteiger partial charge on any atom is 0.429 e. The molecule has 2 amide bonds. The van der Waals surface area contributed by atoms with Crippen molar-refractivity contribution in [3.05, 3.63) is 35.9 Å². The second kappa shape index (κ2) is 4.86. The van der Waals surface area contributed by atoms with Gasteiger partial charge in [0.15, 0.2) is 0 Å². The first-order valence-corrected chi connectivity index (χ1v) is 5.52. The van der Waals surface area contributed by atoms with Crippen molar-refractivity contribution in [1.29, 1.82) is 0 Å². The van der Waals surface area contributed by atoms with E-state index in [2.05, 4.69) is 5.43 Å². The maximum absolute atomic E-state index is 11.5. The maximum atomic E-state index is 11.5. The second-order valence-electron chi connectivity index (χ2n) is 3.76. The Labute approximate surface area is 99.3 Å². The summed E-state index contributed by atoms with van der Waals surface area (Å²) in [6.45, 7) is 1.99. The molecule has 17 heavy (non-hydrogen) atoms. The fourth-order valence-corrected chi connectivity index (χ4v) is 1.68. The molecule has 1 aliphatic rings. The Kier molecular flexibility index (Phi) is 3.27. The minimum atomic E-state index is -0.513. The molecule has 1 heterocycles. The number of hydrazine groups is 1. The summed E-state index contributed by atoms with van der Waals surface area (Å²) < 4.78 is 4.95. The number of rotatable bonds is 3. The summed E-state index contributed by atoms with van der Waals surface area (Å²) >= 11 is 0. The highest BCUT2D eigenvalue weighted by atomic mass is 16.6. The Hall–Kier alpha value is -2.04. The molecule has 0 aromatic heterocycles. The number of carbonyl (C=O) groups excluding carboxylic acids is 2. The van der Waals surface area contributed by atoms with Crippen molar-refractivity contribution in [2.24, 2.45) is 0 Å². The lowest BCUT2D eigenvalue weighted by Gasteiger charge is -2.21. The zero-order valence-electron chi connectivity index (χ0n) is 9.55. The number of nitrogens with zero attached hydrogens (tertiary/aromatic N) is 1. The molecule has 1 N–H and O–H groups in total. The van der Waals surface area contributed by atoms with Crippen LogP contribution in [0.3, 0.4) is 0 Å². The van der Waals surface area contributed by atoms with Crippen molar-refractivity contribution in [1.82, 2.24) is 10.4 Å². The minimum absolute atomic E-state index is 0.204. The van der Waals surface area contributed by atoms with E-state index in [1.165, 1.54) is 5.01 Å². The topological polar surface area (TPSA) is 58.6 Å². The molecule has 1 saturated heterocycles. The van der Waals surface area contributed by atoms with Crippen molar-refractivity contribution >= 4 is 12.0 Å². The molecule has 1 aromatic carbocycles. The van der Waals surface area contributed by atoms with Gasteiger partial charge in [0.1, 0.15) is 12.6 Å². The van der Waals surface area contributed by atoms with E-state index >= 15 is 0 Å². The van der Waals surface area contributed by atoms with Crippen LogP contribution < -0.4 is 5.43 Å². The van der Waals surface area contributed by atoms with Crippen LogP contribution in [0.4, 0.5) is 4.79 Å². The van der Waals surface area contributed by atoms with Gasteiger partial charge in [-0.3, -0.25) is 10.2 Å². The lowest BCUT2D eigenvalue weighted by molar-refractivity contribution is -0.124. The van der Waals surface area contributed by atoms with E-state index in [0.717, 1.165) is 5.56 Å². The number of hydrogen-bond acceptors (Lipinski definition) is 3. The third-order valence-electron chi connectivity index (χ3n) is 2.62. The molecule has 0 saturated carbocycles. The van der Waals surface area contributed by atoms with Crippen molar-refractivity contribution in [3.63, 3.8) is 0 Å². The number of nitrogens with one attached hydrogen (secondary N) is 1. The number of carbonyl (C=O) groups is 2. The highest BCUT2D eigenvalue weighted by Crippen LogP contribution is 2.25. The van der Waals surface area contributed by atoms with Crippen LogP contribution in [0.5, 0.6) is 0 Å². The van der Waals surface area contributed by atoms with E-state index in [1.807, 2.05) is 30.3 Å². The van der Waals surface area contributed by atoms with Crippen LogP contribution >= 0.6 is 0 Å². The number of hydrogen-bond donors (Lipinski definition) is 1. The van der Waals surface area contributed by atoms with Gasteiger partial charge in [0.2, 0.25) is 5.91 Å². The predicted octanol–water partition coefficient (Wildman–Crippen LogP) is 1.62. The lowest BCUT2D eigenvalue weighted by atomic mass is 10.1. The summed E-state index contributed by atoms with van der Waals surface area (Å²) in [5.74, 6) is -0.204. The molecule has 90 valence electrons. The zero-order chi connectivity index (χ0) is 12.3. The molecule has 1 fully saturated rings. The highest BCUT2D eigenvalue weighted by molar-refractivity contribution is 5.79. The number of benzene rings is 1. The van der Waals surface area contributed by atoms with Crippen molar-refractivity contribution in [2.75, 3.05) is 6.61 Å². The van der Waals surface area contributed by atoms with E-state index in [0.29, 0.717) is 6.42 Å². The second-order valence-corrected chi connectivity index (χ2v) is 3.76. The normalized spacial score (nSPS) is 19.0. The van der Waals surface area contributed by atoms with Gasteiger partial charge in [-0.05, 0) is 5.56 Å². The standard InChI is InChI=1S/C12H14N2O3/c1-2-11(15)13-14-10(8-17-12(14)16)9-6-4-3-5-7-9/h3-7,10H,2,8H2,1H3,(H,13,15). The first-order valence-electron chi connectivity index (χ1n) is 5.52. The summed E-state index contributed by atoms with van der Waals surface area (Å²) in [4.78, 5) is 22.8. The average Bonchev–Trinajstić information content (AvgIpc) is 2.72. The van der Waals surface area contributed by atoms with Crippen LogP contribution in [0.25, 0.3) is 0 Å². The molecule has 1 atom stereocenters. The van der Waals surface area contributed by atoms with Gasteiger partial charge in [0, 0.05) is 6.42 Å². The summed E-state index contributed by atoms with van der Waals surface area (Å²) in [6.07, 6.45) is -0.189. The summed E-state index contributed by atoms with van der Waals surface area (Å²) in [5.41, 5.74) is 3.49. The van der Waals surface area contributed by atoms with Crippen LogP contribution in [0.2, 0.25) is 0 Å². The van der Waals surface area contributed by atoms with Gasteiger partial charge in [-0.1, -0.05) is 37.3 Å². The lowest BCUT2D eigenvalue weighted by Crippen LogP contribution is -2.43. The van der Waals surface area contributed by atoms with Crippen molar-refractivity contribution in [2.45, 2.75) is 19.4 Å². The Balaban J connectivity index is 2.16. The monoisotopic (exact) mass is 234 g/mol. The molecule has 0 spiro atoms. The van der Waals surface area contributed by atoms with Gasteiger partial charge >= 0.3 is 6.09 Å². The first-order chi connectivity index (χ1) is 8.22. The van der Waals surface area contributed by atoms with Crippen molar-refractivity contribution in [3.8, 4) is 0 Å². The molecular formula is C12H14N2O3. The molecule has 2 rings (SSSR count). The fourth-order valence-electron chi connectivity index (χ4n) is 1.68. The van der Waals surface area contributed by atoms with E-state index in [-0.39, 0.29) is 18.6 Å². The van der Waals surface area contributed by atoms with Gasteiger partial charge in [-0.2, -0.15) is 0 Å².